The summed E-state index contributed by atoms with van der Waals surface area (Å²) in [5.74, 6) is 2.17. The van der Waals surface area contributed by atoms with Crippen LogP contribution in [0, 0.1) is 0 Å². The molecular formula is C15H26N4O2. The number of aromatic nitrogens is 2. The number of hydrogen-bond acceptors (Lipinski definition) is 6. The molecule has 1 aliphatic heterocycles. The summed E-state index contributed by atoms with van der Waals surface area (Å²) in [6, 6.07) is 0.175. The summed E-state index contributed by atoms with van der Waals surface area (Å²) in [5.41, 5.74) is -0.626. The number of rotatable bonds is 5. The zero-order chi connectivity index (χ0) is 15.0. The van der Waals surface area contributed by atoms with Gasteiger partial charge in [0.15, 0.2) is 5.82 Å². The summed E-state index contributed by atoms with van der Waals surface area (Å²) in [7, 11) is 0. The molecule has 1 N–H and O–H groups in total. The second-order valence-corrected chi connectivity index (χ2v) is 7.07. The molecule has 0 aromatic carbocycles. The largest absolute Gasteiger partial charge is 0.389 e. The lowest BCUT2D eigenvalue weighted by molar-refractivity contribution is 0.00958. The average molecular weight is 294 g/mol. The van der Waals surface area contributed by atoms with Crippen molar-refractivity contribution in [2.45, 2.75) is 51.2 Å². The van der Waals surface area contributed by atoms with Gasteiger partial charge in [0.25, 0.3) is 0 Å². The van der Waals surface area contributed by atoms with Gasteiger partial charge in [0.1, 0.15) is 0 Å². The molecule has 1 aromatic heterocycles. The van der Waals surface area contributed by atoms with Crippen LogP contribution in [-0.2, 0) is 0 Å². The number of hydrogen-bond donors (Lipinski definition) is 1. The third kappa shape index (κ3) is 3.81. The lowest BCUT2D eigenvalue weighted by Gasteiger charge is -2.38. The smallest absolute Gasteiger partial charge is 0.243 e. The molecule has 1 atom stereocenters. The van der Waals surface area contributed by atoms with E-state index in [4.69, 9.17) is 4.52 Å². The monoisotopic (exact) mass is 294 g/mol. The second kappa shape index (κ2) is 5.66. The molecule has 2 aliphatic rings. The van der Waals surface area contributed by atoms with Gasteiger partial charge < -0.3 is 9.63 Å². The maximum absolute atomic E-state index is 9.90. The zero-order valence-corrected chi connectivity index (χ0v) is 13.2. The van der Waals surface area contributed by atoms with Crippen LogP contribution in [0.4, 0.5) is 0 Å². The predicted octanol–water partition coefficient (Wildman–Crippen LogP) is 1.40. The van der Waals surface area contributed by atoms with Crippen LogP contribution in [0.25, 0.3) is 0 Å². The van der Waals surface area contributed by atoms with Gasteiger partial charge in [0.2, 0.25) is 5.89 Å². The molecule has 6 heteroatoms. The van der Waals surface area contributed by atoms with E-state index in [1.54, 1.807) is 0 Å². The third-order valence-corrected chi connectivity index (χ3v) is 4.32. The number of β-amino-alcohol motifs (C(OH)–C–C–N with tert-alkyl or cyclic N) is 1. The van der Waals surface area contributed by atoms with E-state index < -0.39 is 5.60 Å². The highest BCUT2D eigenvalue weighted by molar-refractivity contribution is 5.04. The van der Waals surface area contributed by atoms with E-state index in [9.17, 15) is 5.11 Å². The minimum absolute atomic E-state index is 0.175. The minimum atomic E-state index is -0.626. The molecule has 0 radical (unpaired) electrons. The maximum atomic E-state index is 9.90. The van der Waals surface area contributed by atoms with Crippen LogP contribution in [-0.4, -0.2) is 63.4 Å². The fraction of sp³-hybridized carbons (Fsp3) is 0.867. The highest BCUT2D eigenvalue weighted by Gasteiger charge is 2.32. The second-order valence-electron chi connectivity index (χ2n) is 7.07. The number of piperazine rings is 1. The van der Waals surface area contributed by atoms with E-state index in [1.165, 1.54) is 12.8 Å². The van der Waals surface area contributed by atoms with E-state index in [1.807, 2.05) is 13.8 Å². The molecule has 2 heterocycles. The van der Waals surface area contributed by atoms with Crippen molar-refractivity contribution < 1.29 is 9.63 Å². The molecule has 21 heavy (non-hydrogen) atoms. The van der Waals surface area contributed by atoms with Crippen LogP contribution in [0.2, 0.25) is 0 Å². The fourth-order valence-electron chi connectivity index (χ4n) is 2.94. The van der Waals surface area contributed by atoms with Gasteiger partial charge in [-0.1, -0.05) is 5.16 Å². The van der Waals surface area contributed by atoms with Gasteiger partial charge >= 0.3 is 0 Å². The Morgan fingerprint density at radius 1 is 1.29 bits per heavy atom. The van der Waals surface area contributed by atoms with Gasteiger partial charge in [0, 0.05) is 38.6 Å². The quantitative estimate of drug-likeness (QED) is 0.885. The summed E-state index contributed by atoms with van der Waals surface area (Å²) in [4.78, 5) is 9.24. The summed E-state index contributed by atoms with van der Waals surface area (Å²) < 4.78 is 5.43. The van der Waals surface area contributed by atoms with Crippen molar-refractivity contribution in [3.8, 4) is 0 Å². The van der Waals surface area contributed by atoms with Crippen molar-refractivity contribution >= 4 is 0 Å². The molecule has 6 nitrogen and oxygen atoms in total. The molecule has 1 unspecified atom stereocenters. The van der Waals surface area contributed by atoms with E-state index in [0.717, 1.165) is 44.4 Å². The predicted molar refractivity (Wildman–Crippen MR) is 79.0 cm³/mol. The highest BCUT2D eigenvalue weighted by Crippen LogP contribution is 2.38. The molecule has 1 aromatic rings. The summed E-state index contributed by atoms with van der Waals surface area (Å²) in [5, 5.41) is 14.0. The van der Waals surface area contributed by atoms with Crippen LogP contribution >= 0.6 is 0 Å². The van der Waals surface area contributed by atoms with Crippen molar-refractivity contribution in [1.82, 2.24) is 19.9 Å². The Morgan fingerprint density at radius 2 is 1.95 bits per heavy atom. The first-order valence-electron chi connectivity index (χ1n) is 7.95. The third-order valence-electron chi connectivity index (χ3n) is 4.32. The van der Waals surface area contributed by atoms with Gasteiger partial charge in [-0.15, -0.1) is 0 Å². The Hall–Kier alpha value is -0.980. The summed E-state index contributed by atoms with van der Waals surface area (Å²) >= 11 is 0. The minimum Gasteiger partial charge on any atom is -0.389 e. The average Bonchev–Trinajstić information content (AvgIpc) is 3.15. The SMILES string of the molecule is CC(c1nc(C2CC2)no1)N1CCN(CC(C)(C)O)CC1. The first-order valence-corrected chi connectivity index (χ1v) is 7.95. The van der Waals surface area contributed by atoms with E-state index in [0.29, 0.717) is 5.92 Å². The van der Waals surface area contributed by atoms with Gasteiger partial charge in [-0.2, -0.15) is 4.98 Å². The molecule has 0 bridgehead atoms. The van der Waals surface area contributed by atoms with Crippen molar-refractivity contribution in [3.05, 3.63) is 11.7 Å². The molecule has 1 saturated carbocycles. The number of aliphatic hydroxyl groups is 1. The van der Waals surface area contributed by atoms with Gasteiger partial charge in [-0.3, -0.25) is 9.80 Å². The van der Waals surface area contributed by atoms with E-state index in [2.05, 4.69) is 26.9 Å². The molecule has 118 valence electrons. The first-order chi connectivity index (χ1) is 9.92. The Kier molecular flexibility index (Phi) is 4.03. The highest BCUT2D eigenvalue weighted by atomic mass is 16.5. The van der Waals surface area contributed by atoms with E-state index in [-0.39, 0.29) is 6.04 Å². The molecule has 3 rings (SSSR count). The van der Waals surface area contributed by atoms with Crippen molar-refractivity contribution in [3.63, 3.8) is 0 Å². The van der Waals surface area contributed by atoms with Crippen molar-refractivity contribution in [2.75, 3.05) is 32.7 Å². The molecule has 1 aliphatic carbocycles. The first kappa shape index (κ1) is 14.9. The fourth-order valence-corrected chi connectivity index (χ4v) is 2.94. The normalized spacial score (nSPS) is 23.4. The molecular weight excluding hydrogens is 268 g/mol. The molecule has 0 amide bonds. The van der Waals surface area contributed by atoms with Crippen LogP contribution in [0.3, 0.4) is 0 Å². The molecule has 1 saturated heterocycles. The molecule has 0 spiro atoms. The Balaban J connectivity index is 1.53. The van der Waals surface area contributed by atoms with E-state index >= 15 is 0 Å². The van der Waals surface area contributed by atoms with Gasteiger partial charge in [-0.25, -0.2) is 0 Å². The van der Waals surface area contributed by atoms with Crippen LogP contribution in [0.1, 0.15) is 57.3 Å². The summed E-state index contributed by atoms with van der Waals surface area (Å²) in [6.07, 6.45) is 2.39. The Labute approximate surface area is 126 Å². The van der Waals surface area contributed by atoms with Gasteiger partial charge in [-0.05, 0) is 33.6 Å². The van der Waals surface area contributed by atoms with Crippen molar-refractivity contribution in [2.24, 2.45) is 0 Å². The topological polar surface area (TPSA) is 65.6 Å². The van der Waals surface area contributed by atoms with Crippen LogP contribution in [0.5, 0.6) is 0 Å². The number of nitrogens with zero attached hydrogens (tertiary/aromatic N) is 4. The molecule has 2 fully saturated rings. The van der Waals surface area contributed by atoms with Crippen LogP contribution < -0.4 is 0 Å². The Morgan fingerprint density at radius 3 is 2.52 bits per heavy atom. The lowest BCUT2D eigenvalue weighted by Crippen LogP contribution is -2.50. The lowest BCUT2D eigenvalue weighted by atomic mass is 10.1. The maximum Gasteiger partial charge on any atom is 0.243 e. The zero-order valence-electron chi connectivity index (χ0n) is 13.2. The van der Waals surface area contributed by atoms with Crippen molar-refractivity contribution in [1.29, 1.82) is 0 Å². The standard InChI is InChI=1S/C15H26N4O2/c1-11(14-16-13(17-21-14)12-4-5-12)19-8-6-18(7-9-19)10-15(2,3)20/h11-12,20H,4-10H2,1-3H3. The van der Waals surface area contributed by atoms with Gasteiger partial charge in [0.05, 0.1) is 11.6 Å². The Bertz CT molecular complexity index is 470. The summed E-state index contributed by atoms with van der Waals surface area (Å²) in [6.45, 7) is 10.5. The van der Waals surface area contributed by atoms with Crippen LogP contribution in [0.15, 0.2) is 4.52 Å².